The Morgan fingerprint density at radius 3 is 2.22 bits per heavy atom. The van der Waals surface area contributed by atoms with Gasteiger partial charge in [0.1, 0.15) is 25.9 Å². The summed E-state index contributed by atoms with van der Waals surface area (Å²) in [5.74, 6) is -3.66. The van der Waals surface area contributed by atoms with Crippen molar-refractivity contribution in [2.45, 2.75) is 81.5 Å². The second kappa shape index (κ2) is 18.0. The summed E-state index contributed by atoms with van der Waals surface area (Å²) in [5.41, 5.74) is 4.28. The molecule has 3 aromatic carbocycles. The third-order valence-electron chi connectivity index (χ3n) is 10.4. The van der Waals surface area contributed by atoms with Gasteiger partial charge in [-0.05, 0) is 59.9 Å². The van der Waals surface area contributed by atoms with Crippen molar-refractivity contribution >= 4 is 29.8 Å². The van der Waals surface area contributed by atoms with Gasteiger partial charge in [0.15, 0.2) is 6.04 Å². The Labute approximate surface area is 314 Å². The number of esters is 2. The highest BCUT2D eigenvalue weighted by Crippen LogP contribution is 2.44. The van der Waals surface area contributed by atoms with Crippen LogP contribution in [-0.4, -0.2) is 72.4 Å². The molecule has 3 amide bonds. The van der Waals surface area contributed by atoms with Crippen LogP contribution in [0.4, 0.5) is 4.79 Å². The smallest absolute Gasteiger partial charge is 0.407 e. The molecule has 1 saturated carbocycles. The number of allylic oxidation sites excluding steroid dienone is 2. The lowest BCUT2D eigenvalue weighted by Gasteiger charge is -2.29. The van der Waals surface area contributed by atoms with Crippen molar-refractivity contribution in [3.8, 4) is 11.1 Å². The van der Waals surface area contributed by atoms with E-state index in [2.05, 4.69) is 16.0 Å². The number of cyclic esters (lactones) is 1. The van der Waals surface area contributed by atoms with E-state index in [0.717, 1.165) is 40.7 Å². The number of hydrogen-bond acceptors (Lipinski definition) is 9. The minimum Gasteiger partial charge on any atom is -0.461 e. The first-order chi connectivity index (χ1) is 26.2. The van der Waals surface area contributed by atoms with E-state index in [1.807, 2.05) is 54.6 Å². The molecule has 12 nitrogen and oxygen atoms in total. The molecule has 1 aliphatic heterocycles. The monoisotopic (exact) mass is 737 g/mol. The lowest BCUT2D eigenvalue weighted by atomic mass is 9.95. The van der Waals surface area contributed by atoms with Crippen molar-refractivity contribution in [3.05, 3.63) is 108 Å². The molecular formula is C42H47N3O9. The maximum absolute atomic E-state index is 13.7. The average Bonchev–Trinajstić information content (AvgIpc) is 3.79. The fourth-order valence-corrected chi connectivity index (χ4v) is 7.45. The number of carbonyl (C=O) groups excluding carboxylic acids is 5. The molecule has 1 heterocycles. The molecule has 0 aromatic heterocycles. The largest absolute Gasteiger partial charge is 0.461 e. The summed E-state index contributed by atoms with van der Waals surface area (Å²) in [4.78, 5) is 66.8. The second-order valence-electron chi connectivity index (χ2n) is 14.2. The highest BCUT2D eigenvalue weighted by molar-refractivity contribution is 5.90. The van der Waals surface area contributed by atoms with E-state index in [4.69, 9.17) is 14.2 Å². The van der Waals surface area contributed by atoms with Crippen molar-refractivity contribution in [2.75, 3.05) is 19.8 Å². The minimum absolute atomic E-state index is 0.0529. The van der Waals surface area contributed by atoms with E-state index in [1.165, 1.54) is 0 Å². The molecule has 6 rings (SSSR count). The zero-order chi connectivity index (χ0) is 37.9. The number of benzene rings is 3. The van der Waals surface area contributed by atoms with Gasteiger partial charge in [-0.1, -0.05) is 104 Å². The van der Waals surface area contributed by atoms with Crippen molar-refractivity contribution in [2.24, 2.45) is 5.92 Å². The zero-order valence-electron chi connectivity index (χ0n) is 30.2. The number of hydrogen-bond donors (Lipinski definition) is 4. The van der Waals surface area contributed by atoms with E-state index in [9.17, 15) is 29.1 Å². The molecule has 54 heavy (non-hydrogen) atoms. The predicted molar refractivity (Wildman–Crippen MR) is 199 cm³/mol. The quantitative estimate of drug-likeness (QED) is 0.129. The summed E-state index contributed by atoms with van der Waals surface area (Å²) in [7, 11) is 0. The van der Waals surface area contributed by atoms with E-state index in [1.54, 1.807) is 36.4 Å². The Morgan fingerprint density at radius 2 is 1.54 bits per heavy atom. The molecule has 12 heteroatoms. The van der Waals surface area contributed by atoms with Gasteiger partial charge in [-0.2, -0.15) is 0 Å². The molecule has 284 valence electrons. The highest BCUT2D eigenvalue weighted by Gasteiger charge is 2.37. The van der Waals surface area contributed by atoms with E-state index in [-0.39, 0.29) is 50.9 Å². The van der Waals surface area contributed by atoms with Crippen molar-refractivity contribution in [3.63, 3.8) is 0 Å². The van der Waals surface area contributed by atoms with E-state index in [0.29, 0.717) is 19.3 Å². The van der Waals surface area contributed by atoms with Crippen LogP contribution >= 0.6 is 0 Å². The number of aliphatic hydroxyl groups excluding tert-OH is 1. The normalized spacial score (nSPS) is 21.2. The summed E-state index contributed by atoms with van der Waals surface area (Å²) in [6.45, 7) is -0.788. The SMILES string of the molecule is O=C(C[C@H]1CC=CCC[C@H](NC(=O)OCC2c3ccccc3-c3ccccc32)C(=O)OC[C@H](C(=O)OCc2ccccc2)NC1=O)NC1(CO)CCCC1. The van der Waals surface area contributed by atoms with Gasteiger partial charge in [-0.3, -0.25) is 9.59 Å². The molecule has 3 aromatic rings. The fraction of sp³-hybridized carbons (Fsp3) is 0.405. The van der Waals surface area contributed by atoms with Gasteiger partial charge >= 0.3 is 18.0 Å². The third kappa shape index (κ3) is 9.54. The summed E-state index contributed by atoms with van der Waals surface area (Å²) in [5, 5.41) is 18.2. The van der Waals surface area contributed by atoms with Crippen LogP contribution in [0, 0.1) is 5.92 Å². The Balaban J connectivity index is 1.13. The van der Waals surface area contributed by atoms with Crippen LogP contribution in [0.25, 0.3) is 11.1 Å². The van der Waals surface area contributed by atoms with Crippen molar-refractivity contribution in [1.82, 2.24) is 16.0 Å². The molecule has 0 radical (unpaired) electrons. The van der Waals surface area contributed by atoms with Gasteiger partial charge in [-0.25, -0.2) is 14.4 Å². The number of alkyl carbamates (subject to hydrolysis) is 1. The van der Waals surface area contributed by atoms with Crippen LogP contribution in [0.2, 0.25) is 0 Å². The molecule has 0 bridgehead atoms. The molecule has 0 saturated heterocycles. The Morgan fingerprint density at radius 1 is 0.870 bits per heavy atom. The fourth-order valence-electron chi connectivity index (χ4n) is 7.45. The Hall–Kier alpha value is -5.49. The Bertz CT molecular complexity index is 1790. The average molecular weight is 738 g/mol. The van der Waals surface area contributed by atoms with Crippen molar-refractivity contribution in [1.29, 1.82) is 0 Å². The number of aliphatic hydroxyl groups is 1. The van der Waals surface area contributed by atoms with Gasteiger partial charge in [0.05, 0.1) is 18.1 Å². The predicted octanol–water partition coefficient (Wildman–Crippen LogP) is 4.83. The lowest BCUT2D eigenvalue weighted by Crippen LogP contribution is -2.51. The van der Waals surface area contributed by atoms with Gasteiger partial charge in [0.2, 0.25) is 11.8 Å². The first-order valence-corrected chi connectivity index (χ1v) is 18.6. The van der Waals surface area contributed by atoms with Crippen LogP contribution < -0.4 is 16.0 Å². The zero-order valence-corrected chi connectivity index (χ0v) is 30.2. The molecule has 4 N–H and O–H groups in total. The third-order valence-corrected chi connectivity index (χ3v) is 10.4. The molecule has 0 spiro atoms. The highest BCUT2D eigenvalue weighted by atomic mass is 16.6. The van der Waals surface area contributed by atoms with E-state index < -0.39 is 54.1 Å². The molecule has 2 aliphatic carbocycles. The van der Waals surface area contributed by atoms with Crippen LogP contribution in [0.1, 0.15) is 74.0 Å². The molecule has 3 atom stereocenters. The minimum atomic E-state index is -1.39. The molecule has 1 fully saturated rings. The van der Waals surface area contributed by atoms with E-state index >= 15 is 0 Å². The number of ether oxygens (including phenoxy) is 3. The number of rotatable bonds is 10. The molecule has 0 unspecified atom stereocenters. The lowest BCUT2D eigenvalue weighted by molar-refractivity contribution is -0.156. The Kier molecular flexibility index (Phi) is 12.8. The number of amides is 3. The first kappa shape index (κ1) is 38.2. The van der Waals surface area contributed by atoms with Gasteiger partial charge in [0.25, 0.3) is 0 Å². The number of carbonyl (C=O) groups is 5. The van der Waals surface area contributed by atoms with Crippen LogP contribution in [0.15, 0.2) is 91.0 Å². The molecular weight excluding hydrogens is 690 g/mol. The first-order valence-electron chi connectivity index (χ1n) is 18.6. The van der Waals surface area contributed by atoms with Gasteiger partial charge < -0.3 is 35.3 Å². The van der Waals surface area contributed by atoms with Crippen LogP contribution in [0.3, 0.4) is 0 Å². The maximum Gasteiger partial charge on any atom is 0.407 e. The van der Waals surface area contributed by atoms with Gasteiger partial charge in [0, 0.05) is 12.3 Å². The number of nitrogens with one attached hydrogen (secondary N) is 3. The van der Waals surface area contributed by atoms with Crippen molar-refractivity contribution < 1.29 is 43.3 Å². The number of fused-ring (bicyclic) bond motifs is 3. The summed E-state index contributed by atoms with van der Waals surface area (Å²) in [6, 6.07) is 22.4. The summed E-state index contributed by atoms with van der Waals surface area (Å²) >= 11 is 0. The van der Waals surface area contributed by atoms with Crippen LogP contribution in [0.5, 0.6) is 0 Å². The summed E-state index contributed by atoms with van der Waals surface area (Å²) < 4.78 is 16.7. The maximum atomic E-state index is 13.7. The van der Waals surface area contributed by atoms with Gasteiger partial charge in [-0.15, -0.1) is 0 Å². The second-order valence-corrected chi connectivity index (χ2v) is 14.2. The van der Waals surface area contributed by atoms with Crippen LogP contribution in [-0.2, 0) is 40.0 Å². The topological polar surface area (TPSA) is 169 Å². The molecule has 3 aliphatic rings. The summed E-state index contributed by atoms with van der Waals surface area (Å²) in [6.07, 6.45) is 6.24. The standard InChI is InChI=1S/C42H47N3O9/c46-27-42(21-11-12-22-42)45-37(47)23-29-15-5-2-6-20-35(39(49)53-26-36(43-38(29)48)40(50)52-24-28-13-3-1-4-14-28)44-41(51)54-25-34-32-18-9-7-16-30(32)31-17-8-10-19-33(31)34/h1-5,7-10,13-14,16-19,29,34-36,46H,6,11-12,15,20-27H2,(H,43,48)(H,44,51)(H,45,47)/t29-,35+,36-/m1/s1.